The summed E-state index contributed by atoms with van der Waals surface area (Å²) in [6.45, 7) is 1.87. The van der Waals surface area contributed by atoms with Crippen LogP contribution in [-0.4, -0.2) is 29.8 Å². The van der Waals surface area contributed by atoms with Gasteiger partial charge in [-0.05, 0) is 43.3 Å². The summed E-state index contributed by atoms with van der Waals surface area (Å²) >= 11 is 0. The van der Waals surface area contributed by atoms with E-state index in [0.717, 1.165) is 12.1 Å². The quantitative estimate of drug-likeness (QED) is 0.792. The Bertz CT molecular complexity index is 776. The first kappa shape index (κ1) is 19.2. The summed E-state index contributed by atoms with van der Waals surface area (Å²) in [7, 11) is 0. The summed E-state index contributed by atoms with van der Waals surface area (Å²) in [6.07, 6.45) is -3.52. The van der Waals surface area contributed by atoms with Gasteiger partial charge in [-0.2, -0.15) is 0 Å². The van der Waals surface area contributed by atoms with Crippen LogP contribution in [0.3, 0.4) is 0 Å². The Kier molecular flexibility index (Phi) is 6.16. The van der Waals surface area contributed by atoms with E-state index >= 15 is 0 Å². The van der Waals surface area contributed by atoms with E-state index in [-0.39, 0.29) is 30.0 Å². The highest BCUT2D eigenvalue weighted by molar-refractivity contribution is 6.05. The van der Waals surface area contributed by atoms with Crippen LogP contribution in [0.5, 0.6) is 5.75 Å². The third kappa shape index (κ3) is 5.76. The number of carbonyl (C=O) groups is 2. The molecule has 0 radical (unpaired) electrons. The number of hydrogen-bond donors (Lipinski definition) is 1. The van der Waals surface area contributed by atoms with Crippen molar-refractivity contribution in [3.63, 3.8) is 0 Å². The molecule has 1 aromatic heterocycles. The molecule has 138 valence electrons. The average molecular weight is 368 g/mol. The summed E-state index contributed by atoms with van der Waals surface area (Å²) in [6, 6.07) is 7.69. The van der Waals surface area contributed by atoms with Gasteiger partial charge in [-0.25, -0.2) is 0 Å². The highest BCUT2D eigenvalue weighted by Gasteiger charge is 2.31. The van der Waals surface area contributed by atoms with E-state index in [4.69, 9.17) is 4.74 Å². The molecule has 26 heavy (non-hydrogen) atoms. The number of esters is 1. The largest absolute Gasteiger partial charge is 0.573 e. The lowest BCUT2D eigenvalue weighted by Crippen LogP contribution is -2.18. The lowest BCUT2D eigenvalue weighted by Gasteiger charge is -2.11. The maximum atomic E-state index is 12.4. The Morgan fingerprint density at radius 3 is 2.46 bits per heavy atom. The maximum Gasteiger partial charge on any atom is 0.573 e. The molecule has 0 atom stereocenters. The molecule has 0 unspecified atom stereocenters. The summed E-state index contributed by atoms with van der Waals surface area (Å²) in [5, 5.41) is 2.53. The van der Waals surface area contributed by atoms with Gasteiger partial charge in [0.05, 0.1) is 24.3 Å². The van der Waals surface area contributed by atoms with Crippen molar-refractivity contribution in [1.82, 2.24) is 4.98 Å². The van der Waals surface area contributed by atoms with Crippen LogP contribution in [0, 0.1) is 0 Å². The zero-order chi connectivity index (χ0) is 19.2. The number of hydrogen-bond acceptors (Lipinski definition) is 5. The minimum Gasteiger partial charge on any atom is -0.466 e. The smallest absolute Gasteiger partial charge is 0.466 e. The van der Waals surface area contributed by atoms with E-state index in [9.17, 15) is 22.8 Å². The number of pyridine rings is 1. The van der Waals surface area contributed by atoms with Crippen molar-refractivity contribution in [1.29, 1.82) is 0 Å². The molecule has 0 saturated heterocycles. The molecule has 9 heteroatoms. The van der Waals surface area contributed by atoms with Crippen molar-refractivity contribution in [2.45, 2.75) is 19.7 Å². The zero-order valence-corrected chi connectivity index (χ0v) is 13.7. The van der Waals surface area contributed by atoms with Crippen LogP contribution in [-0.2, 0) is 16.0 Å². The first-order valence-electron chi connectivity index (χ1n) is 7.55. The molecule has 0 aliphatic rings. The Labute approximate surface area is 146 Å². The topological polar surface area (TPSA) is 77.5 Å². The van der Waals surface area contributed by atoms with Crippen molar-refractivity contribution < 1.29 is 32.2 Å². The zero-order valence-electron chi connectivity index (χ0n) is 13.7. The molecule has 0 bridgehead atoms. The molecule has 0 saturated carbocycles. The molecule has 0 fully saturated rings. The first-order valence-corrected chi connectivity index (χ1v) is 7.55. The molecule has 1 amide bonds. The number of nitrogens with zero attached hydrogens (tertiary/aromatic N) is 1. The van der Waals surface area contributed by atoms with E-state index in [2.05, 4.69) is 15.0 Å². The molecule has 1 N–H and O–H groups in total. The SMILES string of the molecule is CCOC(=O)Cc1ncccc1C(=O)Nc1ccc(OC(F)(F)F)cc1. The number of benzene rings is 1. The summed E-state index contributed by atoms with van der Waals surface area (Å²) in [4.78, 5) is 28.0. The lowest BCUT2D eigenvalue weighted by atomic mass is 10.1. The van der Waals surface area contributed by atoms with Gasteiger partial charge in [0.25, 0.3) is 5.91 Å². The van der Waals surface area contributed by atoms with E-state index < -0.39 is 24.0 Å². The predicted octanol–water partition coefficient (Wildman–Crippen LogP) is 3.34. The van der Waals surface area contributed by atoms with Crippen LogP contribution in [0.15, 0.2) is 42.6 Å². The number of rotatable bonds is 6. The van der Waals surface area contributed by atoms with Gasteiger partial charge in [0.1, 0.15) is 5.75 Å². The minimum absolute atomic E-state index is 0.163. The van der Waals surface area contributed by atoms with Crippen LogP contribution in [0.1, 0.15) is 23.0 Å². The number of halogens is 3. The van der Waals surface area contributed by atoms with E-state index in [0.29, 0.717) is 0 Å². The fourth-order valence-corrected chi connectivity index (χ4v) is 2.07. The van der Waals surface area contributed by atoms with E-state index in [1.54, 1.807) is 6.92 Å². The fraction of sp³-hybridized carbons (Fsp3) is 0.235. The normalized spacial score (nSPS) is 10.9. The number of anilines is 1. The Hall–Kier alpha value is -3.10. The molecule has 0 aliphatic carbocycles. The third-order valence-electron chi connectivity index (χ3n) is 3.10. The van der Waals surface area contributed by atoms with Gasteiger partial charge < -0.3 is 14.8 Å². The van der Waals surface area contributed by atoms with Gasteiger partial charge in [0, 0.05) is 11.9 Å². The van der Waals surface area contributed by atoms with Crippen LogP contribution in [0.4, 0.5) is 18.9 Å². The second-order valence-corrected chi connectivity index (χ2v) is 5.01. The molecule has 0 aliphatic heterocycles. The van der Waals surface area contributed by atoms with Gasteiger partial charge in [-0.1, -0.05) is 0 Å². The second-order valence-electron chi connectivity index (χ2n) is 5.01. The van der Waals surface area contributed by atoms with Crippen LogP contribution < -0.4 is 10.1 Å². The number of alkyl halides is 3. The number of amides is 1. The first-order chi connectivity index (χ1) is 12.3. The molecule has 2 aromatic rings. The fourth-order valence-electron chi connectivity index (χ4n) is 2.07. The number of aromatic nitrogens is 1. The van der Waals surface area contributed by atoms with E-state index in [1.807, 2.05) is 0 Å². The van der Waals surface area contributed by atoms with Crippen molar-refractivity contribution in [3.05, 3.63) is 53.9 Å². The van der Waals surface area contributed by atoms with Crippen molar-refractivity contribution in [3.8, 4) is 5.75 Å². The average Bonchev–Trinajstić information content (AvgIpc) is 2.56. The van der Waals surface area contributed by atoms with Gasteiger partial charge in [0.15, 0.2) is 0 Å². The second kappa shape index (κ2) is 8.32. The van der Waals surface area contributed by atoms with Crippen LogP contribution in [0.2, 0.25) is 0 Å². The van der Waals surface area contributed by atoms with Crippen LogP contribution in [0.25, 0.3) is 0 Å². The minimum atomic E-state index is -4.79. The predicted molar refractivity (Wildman–Crippen MR) is 85.7 cm³/mol. The maximum absolute atomic E-state index is 12.4. The number of nitrogens with one attached hydrogen (secondary N) is 1. The van der Waals surface area contributed by atoms with Crippen molar-refractivity contribution in [2.75, 3.05) is 11.9 Å². The van der Waals surface area contributed by atoms with Gasteiger partial charge in [0.2, 0.25) is 0 Å². The molecular weight excluding hydrogens is 353 g/mol. The summed E-state index contributed by atoms with van der Waals surface area (Å²) in [5.41, 5.74) is 0.659. The van der Waals surface area contributed by atoms with Crippen LogP contribution >= 0.6 is 0 Å². The molecule has 1 heterocycles. The Morgan fingerprint density at radius 2 is 1.85 bits per heavy atom. The molecule has 0 spiro atoms. The Morgan fingerprint density at radius 1 is 1.15 bits per heavy atom. The molecular formula is C17H15F3N2O4. The van der Waals surface area contributed by atoms with Crippen molar-refractivity contribution in [2.24, 2.45) is 0 Å². The third-order valence-corrected chi connectivity index (χ3v) is 3.10. The van der Waals surface area contributed by atoms with Gasteiger partial charge in [-0.3, -0.25) is 14.6 Å². The molecule has 2 rings (SSSR count). The van der Waals surface area contributed by atoms with E-state index in [1.165, 1.54) is 30.5 Å². The summed E-state index contributed by atoms with van der Waals surface area (Å²) < 4.78 is 45.0. The van der Waals surface area contributed by atoms with Gasteiger partial charge >= 0.3 is 12.3 Å². The molecule has 6 nitrogen and oxygen atoms in total. The number of carbonyl (C=O) groups excluding carboxylic acids is 2. The number of ether oxygens (including phenoxy) is 2. The molecule has 1 aromatic carbocycles. The highest BCUT2D eigenvalue weighted by Crippen LogP contribution is 2.24. The van der Waals surface area contributed by atoms with Gasteiger partial charge in [-0.15, -0.1) is 13.2 Å². The summed E-state index contributed by atoms with van der Waals surface area (Å²) in [5.74, 6) is -1.48. The monoisotopic (exact) mass is 368 g/mol. The highest BCUT2D eigenvalue weighted by atomic mass is 19.4. The standard InChI is InChI=1S/C17H15F3N2O4/c1-2-25-15(23)10-14-13(4-3-9-21-14)16(24)22-11-5-7-12(8-6-11)26-17(18,19)20/h3-9H,2,10H2,1H3,(H,22,24). The Balaban J connectivity index is 2.09. The van der Waals surface area contributed by atoms with Crippen molar-refractivity contribution >= 4 is 17.6 Å². The lowest BCUT2D eigenvalue weighted by molar-refractivity contribution is -0.274.